The number of nitrogen functional groups attached to an aromatic ring is 1. The van der Waals surface area contributed by atoms with Crippen molar-refractivity contribution in [1.82, 2.24) is 0 Å². The molecule has 0 radical (unpaired) electrons. The first-order valence-electron chi connectivity index (χ1n) is 14.7. The number of unbranched alkanes of at least 4 members (excludes halogenated alkanes) is 13. The van der Waals surface area contributed by atoms with Crippen LogP contribution in [0.1, 0.15) is 103 Å². The maximum Gasteiger partial charge on any atom is 0.163 e. The Morgan fingerprint density at radius 1 is 0.639 bits per heavy atom. The van der Waals surface area contributed by atoms with Crippen LogP contribution >= 0.6 is 0 Å². The van der Waals surface area contributed by atoms with E-state index in [4.69, 9.17) is 29.4 Å². The molecule has 0 saturated heterocycles. The molecule has 1 unspecified atom stereocenters. The third kappa shape index (κ3) is 15.6. The molecular formula is C30H53NO5. The van der Waals surface area contributed by atoms with Gasteiger partial charge in [0, 0.05) is 11.8 Å². The van der Waals surface area contributed by atoms with Crippen LogP contribution in [-0.2, 0) is 14.2 Å². The summed E-state index contributed by atoms with van der Waals surface area (Å²) in [4.78, 5) is 0. The lowest BCUT2D eigenvalue weighted by Crippen LogP contribution is -2.24. The van der Waals surface area contributed by atoms with Gasteiger partial charge in [-0.2, -0.15) is 0 Å². The number of rotatable bonds is 15. The van der Waals surface area contributed by atoms with Crippen molar-refractivity contribution in [3.8, 4) is 11.5 Å². The molecule has 1 aliphatic rings. The van der Waals surface area contributed by atoms with Crippen LogP contribution in [0.2, 0.25) is 0 Å². The van der Waals surface area contributed by atoms with Crippen molar-refractivity contribution in [2.45, 2.75) is 109 Å². The molecule has 0 spiro atoms. The zero-order valence-corrected chi connectivity index (χ0v) is 23.0. The Morgan fingerprint density at radius 3 is 1.78 bits per heavy atom. The summed E-state index contributed by atoms with van der Waals surface area (Å²) in [5.74, 6) is 1.38. The molecule has 0 saturated carbocycles. The average Bonchev–Trinajstić information content (AvgIpc) is 2.88. The van der Waals surface area contributed by atoms with Crippen molar-refractivity contribution in [1.29, 1.82) is 0 Å². The molecule has 0 fully saturated rings. The zero-order valence-electron chi connectivity index (χ0n) is 23.0. The van der Waals surface area contributed by atoms with E-state index >= 15 is 0 Å². The van der Waals surface area contributed by atoms with E-state index in [2.05, 4.69) is 6.92 Å². The highest BCUT2D eigenvalue weighted by Gasteiger charge is 2.15. The molecule has 0 aliphatic carbocycles. The minimum atomic E-state index is -0.0188. The van der Waals surface area contributed by atoms with Crippen molar-refractivity contribution < 1.29 is 23.7 Å². The van der Waals surface area contributed by atoms with E-state index in [0.29, 0.717) is 63.4 Å². The number of anilines is 1. The Morgan fingerprint density at radius 2 is 1.17 bits per heavy atom. The van der Waals surface area contributed by atoms with Gasteiger partial charge in [-0.1, -0.05) is 90.4 Å². The summed E-state index contributed by atoms with van der Waals surface area (Å²) in [6.07, 6.45) is 20.0. The molecule has 0 bridgehead atoms. The van der Waals surface area contributed by atoms with Gasteiger partial charge in [0.2, 0.25) is 0 Å². The van der Waals surface area contributed by atoms with Gasteiger partial charge in [-0.25, -0.2) is 0 Å². The van der Waals surface area contributed by atoms with Crippen molar-refractivity contribution in [2.24, 2.45) is 0 Å². The molecule has 2 N–H and O–H groups in total. The van der Waals surface area contributed by atoms with Gasteiger partial charge in [0.1, 0.15) is 12.7 Å². The Bertz CT molecular complexity index is 642. The fourth-order valence-corrected chi connectivity index (χ4v) is 4.52. The fourth-order valence-electron chi connectivity index (χ4n) is 4.52. The zero-order chi connectivity index (χ0) is 25.5. The van der Waals surface area contributed by atoms with Crippen molar-refractivity contribution in [3.05, 3.63) is 18.2 Å². The van der Waals surface area contributed by atoms with E-state index in [9.17, 15) is 0 Å². The van der Waals surface area contributed by atoms with Crippen LogP contribution in [0.4, 0.5) is 5.69 Å². The van der Waals surface area contributed by atoms with Crippen LogP contribution in [0.3, 0.4) is 0 Å². The first-order valence-corrected chi connectivity index (χ1v) is 14.7. The van der Waals surface area contributed by atoms with Gasteiger partial charge in [-0.3, -0.25) is 0 Å². The molecule has 1 aromatic carbocycles. The van der Waals surface area contributed by atoms with Crippen molar-refractivity contribution in [2.75, 3.05) is 52.0 Å². The van der Waals surface area contributed by atoms with Crippen LogP contribution in [0.25, 0.3) is 0 Å². The highest BCUT2D eigenvalue weighted by atomic mass is 16.6. The van der Waals surface area contributed by atoms with E-state index in [0.717, 1.165) is 12.8 Å². The lowest BCUT2D eigenvalue weighted by molar-refractivity contribution is -0.00604. The standard InChI is InChI=1S/C30H53NO5/c1-2-3-4-5-6-7-8-9-10-11-12-13-14-15-16-28-26-34-22-21-32-19-20-33-23-24-35-30-25-27(31)17-18-29(30)36-28/h17-18,25,28H,2-16,19-24,26,31H2,1H3. The van der Waals surface area contributed by atoms with Gasteiger partial charge in [0.05, 0.1) is 39.6 Å². The van der Waals surface area contributed by atoms with Crippen LogP contribution in [-0.4, -0.2) is 52.4 Å². The lowest BCUT2D eigenvalue weighted by atomic mass is 10.0. The summed E-state index contributed by atoms with van der Waals surface area (Å²) in [5, 5.41) is 0. The molecule has 0 aromatic heterocycles. The number of benzene rings is 1. The first kappa shape index (κ1) is 30.7. The lowest BCUT2D eigenvalue weighted by Gasteiger charge is -2.21. The summed E-state index contributed by atoms with van der Waals surface area (Å²) in [6, 6.07) is 5.57. The van der Waals surface area contributed by atoms with Crippen LogP contribution in [0.15, 0.2) is 18.2 Å². The van der Waals surface area contributed by atoms with Gasteiger partial charge < -0.3 is 29.4 Å². The Hall–Kier alpha value is -1.50. The van der Waals surface area contributed by atoms with Crippen LogP contribution < -0.4 is 15.2 Å². The summed E-state index contributed by atoms with van der Waals surface area (Å²) >= 11 is 0. The molecule has 1 atom stereocenters. The van der Waals surface area contributed by atoms with Gasteiger partial charge in [0.15, 0.2) is 11.5 Å². The van der Waals surface area contributed by atoms with Gasteiger partial charge >= 0.3 is 0 Å². The highest BCUT2D eigenvalue weighted by Crippen LogP contribution is 2.31. The fraction of sp³-hybridized carbons (Fsp3) is 0.800. The summed E-state index contributed by atoms with van der Waals surface area (Å²) in [6.45, 7) is 6.00. The molecule has 1 aliphatic heterocycles. The smallest absolute Gasteiger partial charge is 0.163 e. The molecule has 2 rings (SSSR count). The van der Waals surface area contributed by atoms with E-state index in [-0.39, 0.29) is 6.10 Å². The predicted octanol–water partition coefficient (Wildman–Crippen LogP) is 7.33. The topological polar surface area (TPSA) is 72.2 Å². The predicted molar refractivity (Wildman–Crippen MR) is 148 cm³/mol. The van der Waals surface area contributed by atoms with Gasteiger partial charge in [-0.05, 0) is 25.0 Å². The minimum absolute atomic E-state index is 0.0188. The number of fused-ring (bicyclic) bond motifs is 1. The molecular weight excluding hydrogens is 454 g/mol. The molecule has 208 valence electrons. The van der Waals surface area contributed by atoms with E-state index in [1.54, 1.807) is 0 Å². The molecule has 1 aromatic rings. The number of hydrogen-bond donors (Lipinski definition) is 1. The second-order valence-corrected chi connectivity index (χ2v) is 9.98. The minimum Gasteiger partial charge on any atom is -0.487 e. The number of nitrogens with two attached hydrogens (primary N) is 1. The number of hydrogen-bond acceptors (Lipinski definition) is 6. The maximum atomic E-state index is 6.35. The van der Waals surface area contributed by atoms with E-state index < -0.39 is 0 Å². The maximum absolute atomic E-state index is 6.35. The Kier molecular flexibility index (Phi) is 18.4. The van der Waals surface area contributed by atoms with Crippen LogP contribution in [0.5, 0.6) is 11.5 Å². The van der Waals surface area contributed by atoms with E-state index in [1.165, 1.54) is 83.5 Å². The van der Waals surface area contributed by atoms with Crippen molar-refractivity contribution >= 4 is 5.69 Å². The first-order chi connectivity index (χ1) is 17.8. The Labute approximate surface area is 220 Å². The largest absolute Gasteiger partial charge is 0.487 e. The second-order valence-electron chi connectivity index (χ2n) is 9.98. The quantitative estimate of drug-likeness (QED) is 0.198. The van der Waals surface area contributed by atoms with Gasteiger partial charge in [-0.15, -0.1) is 0 Å². The molecule has 6 nitrogen and oxygen atoms in total. The third-order valence-corrected chi connectivity index (χ3v) is 6.67. The van der Waals surface area contributed by atoms with Gasteiger partial charge in [0.25, 0.3) is 0 Å². The Balaban J connectivity index is 1.64. The van der Waals surface area contributed by atoms with Crippen LogP contribution in [0, 0.1) is 0 Å². The monoisotopic (exact) mass is 507 g/mol. The number of ether oxygens (including phenoxy) is 5. The second kappa shape index (κ2) is 21.6. The van der Waals surface area contributed by atoms with Crippen molar-refractivity contribution in [3.63, 3.8) is 0 Å². The molecule has 36 heavy (non-hydrogen) atoms. The normalized spacial score (nSPS) is 17.9. The SMILES string of the molecule is CCCCCCCCCCCCCCCCC1COCCOCCOCCOc2cc(N)ccc2O1. The average molecular weight is 508 g/mol. The molecule has 0 amide bonds. The summed E-state index contributed by atoms with van der Waals surface area (Å²) < 4.78 is 29.2. The summed E-state index contributed by atoms with van der Waals surface area (Å²) in [5.41, 5.74) is 6.64. The molecule has 1 heterocycles. The molecule has 6 heteroatoms. The highest BCUT2D eigenvalue weighted by molar-refractivity contribution is 5.52. The third-order valence-electron chi connectivity index (χ3n) is 6.67. The van der Waals surface area contributed by atoms with E-state index in [1.807, 2.05) is 18.2 Å². The summed E-state index contributed by atoms with van der Waals surface area (Å²) in [7, 11) is 0.